The number of hydrogen-bond acceptors (Lipinski definition) is 5. The van der Waals surface area contributed by atoms with Gasteiger partial charge >= 0.3 is 5.97 Å². The van der Waals surface area contributed by atoms with Crippen LogP contribution in [0.15, 0.2) is 18.2 Å². The Bertz CT molecular complexity index is 594. The Morgan fingerprint density at radius 2 is 2.20 bits per heavy atom. The zero-order chi connectivity index (χ0) is 14.5. The van der Waals surface area contributed by atoms with Gasteiger partial charge in [0.2, 0.25) is 0 Å². The van der Waals surface area contributed by atoms with Gasteiger partial charge in [-0.05, 0) is 26.2 Å². The second-order valence-electron chi connectivity index (χ2n) is 4.71. The monoisotopic (exact) mass is 278 g/mol. The first-order valence-electron chi connectivity index (χ1n) is 6.37. The fraction of sp³-hybridized carbons (Fsp3) is 0.462. The summed E-state index contributed by atoms with van der Waals surface area (Å²) in [6.45, 7) is 2.43. The maximum absolute atomic E-state index is 11.2. The van der Waals surface area contributed by atoms with E-state index < -0.39 is 5.97 Å². The number of benzene rings is 1. The molecular weight excluding hydrogens is 260 g/mol. The molecule has 0 aliphatic heterocycles. The van der Waals surface area contributed by atoms with Gasteiger partial charge < -0.3 is 14.7 Å². The molecule has 7 nitrogen and oxygen atoms in total. The van der Waals surface area contributed by atoms with Gasteiger partial charge in [0.1, 0.15) is 11.0 Å². The maximum atomic E-state index is 11.2. The molecule has 0 radical (unpaired) electrons. The Kier molecular flexibility index (Phi) is 4.65. The molecule has 0 aliphatic carbocycles. The summed E-state index contributed by atoms with van der Waals surface area (Å²) in [5, 5.41) is 17.1. The molecule has 0 saturated carbocycles. The molecule has 0 bridgehead atoms. The van der Waals surface area contributed by atoms with E-state index in [0.717, 1.165) is 6.54 Å². The Morgan fingerprint density at radius 1 is 1.40 bits per heavy atom. The van der Waals surface area contributed by atoms with Crippen molar-refractivity contribution in [1.82, 2.24) is 19.9 Å². The molecule has 108 valence electrons. The topological polar surface area (TPSA) is 80.5 Å². The molecular formula is C13H18N4O3. The molecule has 20 heavy (non-hydrogen) atoms. The molecule has 1 heterocycles. The van der Waals surface area contributed by atoms with Crippen molar-refractivity contribution < 1.29 is 14.6 Å². The Balaban J connectivity index is 2.05. The van der Waals surface area contributed by atoms with Crippen LogP contribution in [0.4, 0.5) is 0 Å². The lowest BCUT2D eigenvalue weighted by molar-refractivity contribution is 0.0698. The van der Waals surface area contributed by atoms with Gasteiger partial charge in [-0.15, -0.1) is 5.10 Å². The molecule has 0 unspecified atom stereocenters. The predicted octanol–water partition coefficient (Wildman–Crippen LogP) is 0.708. The van der Waals surface area contributed by atoms with Crippen molar-refractivity contribution in [2.75, 3.05) is 33.9 Å². The third kappa shape index (κ3) is 3.31. The number of carbonyl (C=O) groups is 1. The minimum atomic E-state index is -0.979. The lowest BCUT2D eigenvalue weighted by atomic mass is 10.2. The zero-order valence-electron chi connectivity index (χ0n) is 11.6. The van der Waals surface area contributed by atoms with Crippen LogP contribution in [-0.4, -0.2) is 64.8 Å². The van der Waals surface area contributed by atoms with Crippen LogP contribution >= 0.6 is 0 Å². The van der Waals surface area contributed by atoms with Crippen molar-refractivity contribution in [3.8, 4) is 0 Å². The van der Waals surface area contributed by atoms with Crippen LogP contribution in [0.3, 0.4) is 0 Å². The third-order valence-electron chi connectivity index (χ3n) is 2.89. The van der Waals surface area contributed by atoms with Crippen molar-refractivity contribution in [3.05, 3.63) is 23.8 Å². The number of fused-ring (bicyclic) bond motifs is 1. The third-order valence-corrected chi connectivity index (χ3v) is 2.89. The predicted molar refractivity (Wildman–Crippen MR) is 73.9 cm³/mol. The second-order valence-corrected chi connectivity index (χ2v) is 4.71. The molecule has 7 heteroatoms. The molecule has 1 aromatic heterocycles. The number of para-hydroxylation sites is 1. The first-order valence-corrected chi connectivity index (χ1v) is 6.37. The summed E-state index contributed by atoms with van der Waals surface area (Å²) in [6.07, 6.45) is 0. The summed E-state index contributed by atoms with van der Waals surface area (Å²) >= 11 is 0. The van der Waals surface area contributed by atoms with E-state index in [4.69, 9.17) is 4.74 Å². The van der Waals surface area contributed by atoms with E-state index >= 15 is 0 Å². The minimum Gasteiger partial charge on any atom is -0.478 e. The number of aromatic nitrogens is 3. The summed E-state index contributed by atoms with van der Waals surface area (Å²) < 4.78 is 7.07. The number of rotatable bonds is 7. The number of ether oxygens (including phenoxy) is 1. The van der Waals surface area contributed by atoms with Crippen LogP contribution in [-0.2, 0) is 11.3 Å². The number of hydrogen-bond donors (Lipinski definition) is 1. The van der Waals surface area contributed by atoms with Crippen molar-refractivity contribution in [2.45, 2.75) is 6.54 Å². The van der Waals surface area contributed by atoms with Crippen LogP contribution in [0, 0.1) is 0 Å². The standard InChI is InChI=1S/C13H18N4O3/c1-16(2)6-8-20-9-7-17-12-10(13(18)19)4-3-5-11(12)14-15-17/h3-5H,6-9H2,1-2H3,(H,18,19). The Morgan fingerprint density at radius 3 is 2.90 bits per heavy atom. The van der Waals surface area contributed by atoms with Gasteiger partial charge in [-0.3, -0.25) is 0 Å². The lowest BCUT2D eigenvalue weighted by Gasteiger charge is -2.10. The van der Waals surface area contributed by atoms with Crippen LogP contribution in [0.5, 0.6) is 0 Å². The molecule has 2 rings (SSSR count). The Labute approximate surface area is 116 Å². The first kappa shape index (κ1) is 14.4. The molecule has 0 aliphatic rings. The van der Waals surface area contributed by atoms with E-state index in [2.05, 4.69) is 10.3 Å². The first-order chi connectivity index (χ1) is 9.59. The van der Waals surface area contributed by atoms with E-state index in [9.17, 15) is 9.90 Å². The summed E-state index contributed by atoms with van der Waals surface area (Å²) in [5.74, 6) is -0.979. The van der Waals surface area contributed by atoms with E-state index in [-0.39, 0.29) is 5.56 Å². The summed E-state index contributed by atoms with van der Waals surface area (Å²) in [6, 6.07) is 4.97. The van der Waals surface area contributed by atoms with Gasteiger partial charge in [-0.1, -0.05) is 11.3 Å². The summed E-state index contributed by atoms with van der Waals surface area (Å²) in [5.41, 5.74) is 1.33. The average Bonchev–Trinajstić information content (AvgIpc) is 2.81. The highest BCUT2D eigenvalue weighted by molar-refractivity contribution is 6.00. The van der Waals surface area contributed by atoms with E-state index in [0.29, 0.717) is 30.8 Å². The number of nitrogens with zero attached hydrogens (tertiary/aromatic N) is 4. The van der Waals surface area contributed by atoms with E-state index in [1.807, 2.05) is 19.0 Å². The zero-order valence-corrected chi connectivity index (χ0v) is 11.6. The smallest absolute Gasteiger partial charge is 0.337 e. The molecule has 2 aromatic rings. The lowest BCUT2D eigenvalue weighted by Crippen LogP contribution is -2.19. The highest BCUT2D eigenvalue weighted by atomic mass is 16.5. The van der Waals surface area contributed by atoms with E-state index in [1.165, 1.54) is 0 Å². The molecule has 0 amide bonds. The molecule has 1 aromatic carbocycles. The maximum Gasteiger partial charge on any atom is 0.337 e. The SMILES string of the molecule is CN(C)CCOCCn1nnc2cccc(C(=O)O)c21. The van der Waals surface area contributed by atoms with Gasteiger partial charge in [0.25, 0.3) is 0 Å². The molecule has 0 saturated heterocycles. The normalized spacial score (nSPS) is 11.3. The molecule has 0 atom stereocenters. The number of carboxylic acids is 1. The van der Waals surface area contributed by atoms with Crippen molar-refractivity contribution in [2.24, 2.45) is 0 Å². The van der Waals surface area contributed by atoms with Crippen LogP contribution < -0.4 is 0 Å². The Hall–Kier alpha value is -1.99. The summed E-state index contributed by atoms with van der Waals surface area (Å²) in [4.78, 5) is 13.2. The van der Waals surface area contributed by atoms with Gasteiger partial charge in [-0.25, -0.2) is 9.48 Å². The largest absolute Gasteiger partial charge is 0.478 e. The van der Waals surface area contributed by atoms with Gasteiger partial charge in [0, 0.05) is 6.54 Å². The van der Waals surface area contributed by atoms with Crippen LogP contribution in [0.2, 0.25) is 0 Å². The fourth-order valence-corrected chi connectivity index (χ4v) is 1.86. The highest BCUT2D eigenvalue weighted by Gasteiger charge is 2.14. The second kappa shape index (κ2) is 6.44. The average molecular weight is 278 g/mol. The minimum absolute atomic E-state index is 0.209. The molecule has 1 N–H and O–H groups in total. The van der Waals surface area contributed by atoms with Gasteiger partial charge in [0.15, 0.2) is 0 Å². The van der Waals surface area contributed by atoms with E-state index in [1.54, 1.807) is 22.9 Å². The van der Waals surface area contributed by atoms with Crippen LogP contribution in [0.25, 0.3) is 11.0 Å². The highest BCUT2D eigenvalue weighted by Crippen LogP contribution is 2.16. The van der Waals surface area contributed by atoms with Gasteiger partial charge in [-0.2, -0.15) is 0 Å². The van der Waals surface area contributed by atoms with Crippen LogP contribution in [0.1, 0.15) is 10.4 Å². The van der Waals surface area contributed by atoms with Crippen molar-refractivity contribution in [3.63, 3.8) is 0 Å². The summed E-state index contributed by atoms with van der Waals surface area (Å²) in [7, 11) is 3.96. The molecule has 0 spiro atoms. The number of likely N-dealkylation sites (N-methyl/N-ethyl adjacent to an activating group) is 1. The fourth-order valence-electron chi connectivity index (χ4n) is 1.86. The quantitative estimate of drug-likeness (QED) is 0.751. The van der Waals surface area contributed by atoms with Crippen molar-refractivity contribution in [1.29, 1.82) is 0 Å². The van der Waals surface area contributed by atoms with Crippen molar-refractivity contribution >= 4 is 17.0 Å². The molecule has 0 fully saturated rings. The number of carboxylic acid groups (broad SMARTS) is 1. The number of aromatic carboxylic acids is 1. The van der Waals surface area contributed by atoms with Gasteiger partial charge in [0.05, 0.1) is 25.3 Å².